The maximum absolute atomic E-state index is 12.7. The molecule has 150 valence electrons. The smallest absolute Gasteiger partial charge is 0.315 e. The van der Waals surface area contributed by atoms with Crippen LogP contribution in [0.3, 0.4) is 0 Å². The summed E-state index contributed by atoms with van der Waals surface area (Å²) in [6.07, 6.45) is 5.55. The summed E-state index contributed by atoms with van der Waals surface area (Å²) < 4.78 is 5.91. The summed E-state index contributed by atoms with van der Waals surface area (Å²) in [6, 6.07) is 16.2. The molecule has 0 saturated heterocycles. The maximum atomic E-state index is 12.7. The van der Waals surface area contributed by atoms with E-state index in [0.717, 1.165) is 36.8 Å². The average molecular weight is 411 g/mol. The second-order valence-electron chi connectivity index (χ2n) is 7.25. The molecular weight excluding hydrogens is 388 g/mol. The summed E-state index contributed by atoms with van der Waals surface area (Å²) in [6.45, 7) is 0. The minimum absolute atomic E-state index is 0.206. The number of urea groups is 1. The van der Waals surface area contributed by atoms with Gasteiger partial charge in [0.05, 0.1) is 0 Å². The lowest BCUT2D eigenvalue weighted by atomic mass is 9.96. The van der Waals surface area contributed by atoms with E-state index in [1.807, 2.05) is 42.5 Å². The number of carbonyl (C=O) groups is 1. The fraction of sp³-hybridized carbons (Fsp3) is 0.318. The molecule has 2 N–H and O–H groups in total. The molecule has 0 unspecified atom stereocenters. The summed E-state index contributed by atoms with van der Waals surface area (Å²) in [4.78, 5) is 12.7. The van der Waals surface area contributed by atoms with Crippen molar-refractivity contribution in [3.05, 3.63) is 71.1 Å². The monoisotopic (exact) mass is 410 g/mol. The Balaban J connectivity index is 1.56. The minimum atomic E-state index is -0.569. The lowest BCUT2D eigenvalue weighted by molar-refractivity contribution is 0.228. The van der Waals surface area contributed by atoms with Crippen LogP contribution >= 0.6 is 11.6 Å². The number of nitrogens with zero attached hydrogens (tertiary/aromatic N) is 2. The molecule has 1 atom stereocenters. The van der Waals surface area contributed by atoms with Crippen molar-refractivity contribution in [2.75, 3.05) is 0 Å². The van der Waals surface area contributed by atoms with Crippen LogP contribution in [-0.4, -0.2) is 22.3 Å². The zero-order valence-corrected chi connectivity index (χ0v) is 16.7. The number of aromatic nitrogens is 2. The number of benzene rings is 2. The molecule has 7 heteroatoms. The van der Waals surface area contributed by atoms with E-state index < -0.39 is 6.04 Å². The number of rotatable bonds is 5. The van der Waals surface area contributed by atoms with Gasteiger partial charge in [-0.15, -0.1) is 10.2 Å². The first-order valence-electron chi connectivity index (χ1n) is 9.90. The maximum Gasteiger partial charge on any atom is 0.315 e. The van der Waals surface area contributed by atoms with Crippen LogP contribution in [0.15, 0.2) is 59.0 Å². The Bertz CT molecular complexity index is 937. The van der Waals surface area contributed by atoms with E-state index in [1.165, 1.54) is 6.42 Å². The van der Waals surface area contributed by atoms with Crippen LogP contribution in [0.1, 0.15) is 49.6 Å². The molecule has 1 heterocycles. The van der Waals surface area contributed by atoms with Gasteiger partial charge in [-0.3, -0.25) is 0 Å². The highest BCUT2D eigenvalue weighted by Crippen LogP contribution is 2.26. The Morgan fingerprint density at radius 2 is 1.72 bits per heavy atom. The summed E-state index contributed by atoms with van der Waals surface area (Å²) in [5.74, 6) is 0.735. The van der Waals surface area contributed by atoms with Crippen LogP contribution in [0.2, 0.25) is 5.02 Å². The van der Waals surface area contributed by atoms with Crippen LogP contribution in [0, 0.1) is 0 Å². The molecule has 6 nitrogen and oxygen atoms in total. The molecule has 29 heavy (non-hydrogen) atoms. The van der Waals surface area contributed by atoms with Crippen molar-refractivity contribution in [2.45, 2.75) is 44.2 Å². The molecule has 0 spiro atoms. The third-order valence-corrected chi connectivity index (χ3v) is 5.38. The van der Waals surface area contributed by atoms with Crippen LogP contribution in [-0.2, 0) is 0 Å². The van der Waals surface area contributed by atoms with Gasteiger partial charge < -0.3 is 15.1 Å². The molecule has 0 radical (unpaired) electrons. The second-order valence-corrected chi connectivity index (χ2v) is 7.69. The van der Waals surface area contributed by atoms with Crippen molar-refractivity contribution >= 4 is 17.6 Å². The molecule has 4 rings (SSSR count). The summed E-state index contributed by atoms with van der Waals surface area (Å²) >= 11 is 6.03. The Hall–Kier alpha value is -2.86. The van der Waals surface area contributed by atoms with Crippen LogP contribution in [0.5, 0.6) is 0 Å². The van der Waals surface area contributed by atoms with Crippen molar-refractivity contribution in [2.24, 2.45) is 0 Å². The molecule has 1 saturated carbocycles. The number of nitrogens with one attached hydrogen (secondary N) is 2. The molecule has 0 bridgehead atoms. The van der Waals surface area contributed by atoms with Gasteiger partial charge in [0.15, 0.2) is 0 Å². The molecule has 1 aliphatic rings. The van der Waals surface area contributed by atoms with Crippen molar-refractivity contribution < 1.29 is 9.21 Å². The number of hydrogen-bond donors (Lipinski definition) is 2. The molecule has 1 aliphatic carbocycles. The Kier molecular flexibility index (Phi) is 6.10. The van der Waals surface area contributed by atoms with E-state index in [4.69, 9.17) is 16.0 Å². The Labute approximate surface area is 174 Å². The first kappa shape index (κ1) is 19.5. The minimum Gasteiger partial charge on any atom is -0.418 e. The molecule has 2 aromatic carbocycles. The molecule has 0 aliphatic heterocycles. The summed E-state index contributed by atoms with van der Waals surface area (Å²) in [5.41, 5.74) is 1.64. The van der Waals surface area contributed by atoms with Gasteiger partial charge >= 0.3 is 6.03 Å². The Morgan fingerprint density at radius 1 is 1.00 bits per heavy atom. The van der Waals surface area contributed by atoms with Crippen molar-refractivity contribution in [3.8, 4) is 11.5 Å². The molecule has 3 aromatic rings. The van der Waals surface area contributed by atoms with Crippen molar-refractivity contribution in [1.82, 2.24) is 20.8 Å². The predicted molar refractivity (Wildman–Crippen MR) is 112 cm³/mol. The predicted octanol–water partition coefficient (Wildman–Crippen LogP) is 5.11. The lowest BCUT2D eigenvalue weighted by Gasteiger charge is -2.24. The van der Waals surface area contributed by atoms with Gasteiger partial charge in [-0.2, -0.15) is 0 Å². The van der Waals surface area contributed by atoms with Gasteiger partial charge in [0, 0.05) is 16.6 Å². The summed E-state index contributed by atoms with van der Waals surface area (Å²) in [7, 11) is 0. The third-order valence-electron chi connectivity index (χ3n) is 5.13. The van der Waals surface area contributed by atoms with Gasteiger partial charge in [-0.05, 0) is 42.7 Å². The SMILES string of the molecule is O=C(NC1CCCCC1)N[C@@H](c1ccc(Cl)cc1)c1nnc(-c2ccccc2)o1. The van der Waals surface area contributed by atoms with Gasteiger partial charge in [0.25, 0.3) is 0 Å². The highest BCUT2D eigenvalue weighted by Gasteiger charge is 2.25. The lowest BCUT2D eigenvalue weighted by Crippen LogP contribution is -2.44. The van der Waals surface area contributed by atoms with Crippen molar-refractivity contribution in [3.63, 3.8) is 0 Å². The van der Waals surface area contributed by atoms with E-state index in [1.54, 1.807) is 12.1 Å². The number of amides is 2. The highest BCUT2D eigenvalue weighted by molar-refractivity contribution is 6.30. The third kappa shape index (κ3) is 4.95. The van der Waals surface area contributed by atoms with Crippen LogP contribution in [0.25, 0.3) is 11.5 Å². The van der Waals surface area contributed by atoms with Crippen LogP contribution < -0.4 is 10.6 Å². The van der Waals surface area contributed by atoms with Crippen molar-refractivity contribution in [1.29, 1.82) is 0 Å². The molecule has 1 fully saturated rings. The standard InChI is InChI=1S/C22H23ClN4O2/c23-17-13-11-15(12-14-17)19(25-22(28)24-18-9-5-2-6-10-18)21-27-26-20(29-21)16-7-3-1-4-8-16/h1,3-4,7-8,11-14,18-19H,2,5-6,9-10H2,(H2,24,25,28)/t19-/m0/s1. The topological polar surface area (TPSA) is 80.0 Å². The molecule has 2 amide bonds. The van der Waals surface area contributed by atoms with E-state index in [9.17, 15) is 4.79 Å². The first-order valence-corrected chi connectivity index (χ1v) is 10.3. The number of halogens is 1. The molecular formula is C22H23ClN4O2. The van der Waals surface area contributed by atoms with E-state index in [-0.39, 0.29) is 12.1 Å². The van der Waals surface area contributed by atoms with E-state index in [0.29, 0.717) is 16.8 Å². The fourth-order valence-corrected chi connectivity index (χ4v) is 3.72. The summed E-state index contributed by atoms with van der Waals surface area (Å²) in [5, 5.41) is 15.0. The van der Waals surface area contributed by atoms with Gasteiger partial charge in [0.1, 0.15) is 6.04 Å². The van der Waals surface area contributed by atoms with Gasteiger partial charge in [0.2, 0.25) is 11.8 Å². The first-order chi connectivity index (χ1) is 14.2. The zero-order valence-electron chi connectivity index (χ0n) is 16.0. The Morgan fingerprint density at radius 3 is 2.45 bits per heavy atom. The second kappa shape index (κ2) is 9.09. The normalized spacial score (nSPS) is 15.6. The quantitative estimate of drug-likeness (QED) is 0.612. The van der Waals surface area contributed by atoms with Crippen LogP contribution in [0.4, 0.5) is 4.79 Å². The van der Waals surface area contributed by atoms with E-state index >= 15 is 0 Å². The van der Waals surface area contributed by atoms with Gasteiger partial charge in [-0.25, -0.2) is 4.79 Å². The van der Waals surface area contributed by atoms with Gasteiger partial charge in [-0.1, -0.05) is 61.2 Å². The fourth-order valence-electron chi connectivity index (χ4n) is 3.60. The average Bonchev–Trinajstić information content (AvgIpc) is 3.24. The highest BCUT2D eigenvalue weighted by atomic mass is 35.5. The number of carbonyl (C=O) groups excluding carboxylic acids is 1. The zero-order chi connectivity index (χ0) is 20.1. The molecule has 1 aromatic heterocycles. The number of hydrogen-bond acceptors (Lipinski definition) is 4. The largest absolute Gasteiger partial charge is 0.418 e. The van der Waals surface area contributed by atoms with E-state index in [2.05, 4.69) is 20.8 Å².